The molecule has 2 aromatic carbocycles. The predicted molar refractivity (Wildman–Crippen MR) is 84.0 cm³/mol. The molecule has 0 aliphatic rings. The second-order valence-corrected chi connectivity index (χ2v) is 6.23. The molecule has 0 bridgehead atoms. The smallest absolute Gasteiger partial charge is 0.126 e. The Hall–Kier alpha value is -0.460. The fourth-order valence-corrected chi connectivity index (χ4v) is 2.84. The summed E-state index contributed by atoms with van der Waals surface area (Å²) in [5.74, 6) is -0.199. The maximum Gasteiger partial charge on any atom is 0.126 e. The second kappa shape index (κ2) is 5.67. The summed E-state index contributed by atoms with van der Waals surface area (Å²) in [6, 6.07) is 10.8. The average Bonchev–Trinajstić information content (AvgIpc) is 2.35. The third-order valence-electron chi connectivity index (χ3n) is 2.83. The number of hydrogen-bond donors (Lipinski definition) is 1. The molecule has 1 nitrogen and oxygen atoms in total. The second-order valence-electron chi connectivity index (χ2n) is 4.15. The van der Waals surface area contributed by atoms with Crippen LogP contribution in [-0.4, -0.2) is 0 Å². The minimum atomic E-state index is -0.242. The molecule has 1 unspecified atom stereocenters. The Balaban J connectivity index is 2.44. The zero-order valence-corrected chi connectivity index (χ0v) is 13.5. The van der Waals surface area contributed by atoms with Crippen LogP contribution in [0.3, 0.4) is 0 Å². The first-order valence-electron chi connectivity index (χ1n) is 5.45. The molecule has 94 valence electrons. The summed E-state index contributed by atoms with van der Waals surface area (Å²) in [7, 11) is 0. The Morgan fingerprint density at radius 3 is 2.61 bits per heavy atom. The Kier molecular flexibility index (Phi) is 4.40. The van der Waals surface area contributed by atoms with E-state index in [1.54, 1.807) is 19.1 Å². The van der Waals surface area contributed by atoms with E-state index in [2.05, 4.69) is 38.5 Å². The monoisotopic (exact) mass is 419 g/mol. The number of rotatable bonds is 2. The van der Waals surface area contributed by atoms with Crippen molar-refractivity contribution >= 4 is 38.5 Å². The van der Waals surface area contributed by atoms with Gasteiger partial charge in [-0.15, -0.1) is 0 Å². The van der Waals surface area contributed by atoms with Crippen molar-refractivity contribution < 1.29 is 4.39 Å². The lowest BCUT2D eigenvalue weighted by molar-refractivity contribution is 0.617. The van der Waals surface area contributed by atoms with Crippen LogP contribution < -0.4 is 5.73 Å². The van der Waals surface area contributed by atoms with Gasteiger partial charge in [0, 0.05) is 8.04 Å². The molecule has 0 spiro atoms. The first-order chi connectivity index (χ1) is 8.49. The number of nitrogens with two attached hydrogens (primary N) is 1. The van der Waals surface area contributed by atoms with Gasteiger partial charge >= 0.3 is 0 Å². The van der Waals surface area contributed by atoms with Gasteiger partial charge in [0.2, 0.25) is 0 Å². The van der Waals surface area contributed by atoms with E-state index in [-0.39, 0.29) is 11.9 Å². The van der Waals surface area contributed by atoms with Crippen LogP contribution in [0.1, 0.15) is 22.7 Å². The van der Waals surface area contributed by atoms with Gasteiger partial charge in [-0.3, -0.25) is 0 Å². The fraction of sp³-hybridized carbons (Fsp3) is 0.143. The summed E-state index contributed by atoms with van der Waals surface area (Å²) in [4.78, 5) is 0. The molecule has 0 heterocycles. The van der Waals surface area contributed by atoms with E-state index >= 15 is 0 Å². The van der Waals surface area contributed by atoms with Crippen LogP contribution in [0.5, 0.6) is 0 Å². The molecule has 0 aliphatic heterocycles. The van der Waals surface area contributed by atoms with Gasteiger partial charge in [-0.2, -0.15) is 0 Å². The normalized spacial score (nSPS) is 12.5. The maximum absolute atomic E-state index is 13.3. The lowest BCUT2D eigenvalue weighted by Gasteiger charge is -2.15. The van der Waals surface area contributed by atoms with Crippen molar-refractivity contribution in [1.82, 2.24) is 0 Å². The van der Waals surface area contributed by atoms with Crippen molar-refractivity contribution in [2.75, 3.05) is 0 Å². The van der Waals surface area contributed by atoms with E-state index in [9.17, 15) is 4.39 Å². The SMILES string of the molecule is Cc1cc(C(N)c2cc(Br)ccc2I)ccc1F. The Bertz CT molecular complexity index is 586. The molecule has 2 aromatic rings. The van der Waals surface area contributed by atoms with Crippen LogP contribution in [0.25, 0.3) is 0 Å². The highest BCUT2D eigenvalue weighted by Gasteiger charge is 2.13. The highest BCUT2D eigenvalue weighted by Crippen LogP contribution is 2.28. The van der Waals surface area contributed by atoms with Crippen LogP contribution in [0.4, 0.5) is 4.39 Å². The van der Waals surface area contributed by atoms with Crippen molar-refractivity contribution in [3.8, 4) is 0 Å². The summed E-state index contributed by atoms with van der Waals surface area (Å²) in [6.45, 7) is 1.75. The molecule has 0 aliphatic carbocycles. The van der Waals surface area contributed by atoms with Gasteiger partial charge < -0.3 is 5.73 Å². The Morgan fingerprint density at radius 2 is 1.94 bits per heavy atom. The molecule has 0 saturated carbocycles. The fourth-order valence-electron chi connectivity index (χ4n) is 1.79. The number of aryl methyl sites for hydroxylation is 1. The van der Waals surface area contributed by atoms with E-state index in [1.165, 1.54) is 6.07 Å². The summed E-state index contributed by atoms with van der Waals surface area (Å²) in [5.41, 5.74) is 8.83. The van der Waals surface area contributed by atoms with Crippen molar-refractivity contribution in [3.63, 3.8) is 0 Å². The molecule has 2 rings (SSSR count). The summed E-state index contributed by atoms with van der Waals surface area (Å²) >= 11 is 5.70. The lowest BCUT2D eigenvalue weighted by atomic mass is 9.98. The van der Waals surface area contributed by atoms with Crippen LogP contribution in [0.15, 0.2) is 40.9 Å². The third-order valence-corrected chi connectivity index (χ3v) is 4.31. The van der Waals surface area contributed by atoms with Gasteiger partial charge in [-0.1, -0.05) is 28.1 Å². The van der Waals surface area contributed by atoms with Crippen molar-refractivity contribution in [3.05, 3.63) is 66.9 Å². The Labute approximate surface area is 128 Å². The van der Waals surface area contributed by atoms with E-state index in [4.69, 9.17) is 5.73 Å². The molecule has 4 heteroatoms. The minimum absolute atomic E-state index is 0.199. The number of halogens is 3. The molecule has 18 heavy (non-hydrogen) atoms. The number of benzene rings is 2. The van der Waals surface area contributed by atoms with Gasteiger partial charge in [-0.25, -0.2) is 4.39 Å². The van der Waals surface area contributed by atoms with Crippen LogP contribution >= 0.6 is 38.5 Å². The van der Waals surface area contributed by atoms with Crippen LogP contribution in [0, 0.1) is 16.3 Å². The molecule has 0 fully saturated rings. The largest absolute Gasteiger partial charge is 0.320 e. The first kappa shape index (κ1) is 14.0. The molecule has 0 saturated heterocycles. The lowest BCUT2D eigenvalue weighted by Crippen LogP contribution is -2.13. The van der Waals surface area contributed by atoms with Crippen molar-refractivity contribution in [1.29, 1.82) is 0 Å². The standard InChI is InChI=1S/C14H12BrFIN/c1-8-6-9(2-4-12(8)16)14(18)11-7-10(15)3-5-13(11)17/h2-7,14H,18H2,1H3. The molecule has 0 radical (unpaired) electrons. The predicted octanol–water partition coefficient (Wildman–Crippen LogP) is 4.55. The summed E-state index contributed by atoms with van der Waals surface area (Å²) < 4.78 is 15.4. The maximum atomic E-state index is 13.3. The van der Waals surface area contributed by atoms with E-state index < -0.39 is 0 Å². The van der Waals surface area contributed by atoms with Gasteiger partial charge in [0.1, 0.15) is 5.82 Å². The molecule has 0 amide bonds. The third kappa shape index (κ3) is 2.92. The zero-order chi connectivity index (χ0) is 13.3. The Morgan fingerprint density at radius 1 is 1.22 bits per heavy atom. The average molecular weight is 420 g/mol. The molecule has 1 atom stereocenters. The van der Waals surface area contributed by atoms with Gasteiger partial charge in [0.15, 0.2) is 0 Å². The van der Waals surface area contributed by atoms with Crippen molar-refractivity contribution in [2.24, 2.45) is 5.73 Å². The van der Waals surface area contributed by atoms with Gasteiger partial charge in [-0.05, 0) is 70.5 Å². The highest BCUT2D eigenvalue weighted by molar-refractivity contribution is 14.1. The molecule has 0 aromatic heterocycles. The van der Waals surface area contributed by atoms with Crippen LogP contribution in [0.2, 0.25) is 0 Å². The summed E-state index contributed by atoms with van der Waals surface area (Å²) in [5, 5.41) is 0. The molecule has 2 N–H and O–H groups in total. The first-order valence-corrected chi connectivity index (χ1v) is 7.33. The van der Waals surface area contributed by atoms with E-state index in [1.807, 2.05) is 18.2 Å². The molecular formula is C14H12BrFIN. The number of hydrogen-bond acceptors (Lipinski definition) is 1. The topological polar surface area (TPSA) is 26.0 Å². The minimum Gasteiger partial charge on any atom is -0.320 e. The zero-order valence-electron chi connectivity index (χ0n) is 9.75. The van der Waals surface area contributed by atoms with Crippen LogP contribution in [-0.2, 0) is 0 Å². The van der Waals surface area contributed by atoms with Gasteiger partial charge in [0.05, 0.1) is 6.04 Å². The van der Waals surface area contributed by atoms with Crippen molar-refractivity contribution in [2.45, 2.75) is 13.0 Å². The van der Waals surface area contributed by atoms with E-state index in [0.717, 1.165) is 19.2 Å². The van der Waals surface area contributed by atoms with E-state index in [0.29, 0.717) is 5.56 Å². The van der Waals surface area contributed by atoms with Gasteiger partial charge in [0.25, 0.3) is 0 Å². The quantitative estimate of drug-likeness (QED) is 0.710. The summed E-state index contributed by atoms with van der Waals surface area (Å²) in [6.07, 6.45) is 0. The highest BCUT2D eigenvalue weighted by atomic mass is 127. The molecular weight excluding hydrogens is 408 g/mol.